The van der Waals surface area contributed by atoms with Crippen molar-refractivity contribution in [1.82, 2.24) is 0 Å². The lowest BCUT2D eigenvalue weighted by Crippen LogP contribution is -2.18. The lowest BCUT2D eigenvalue weighted by molar-refractivity contribution is 0.103. The molecule has 1 unspecified atom stereocenters. The lowest BCUT2D eigenvalue weighted by Gasteiger charge is -2.10. The quantitative estimate of drug-likeness (QED) is 0.416. The smallest absolute Gasteiger partial charge is 0.197 e. The minimum atomic E-state index is -0.716. The second-order valence-electron chi connectivity index (χ2n) is 6.47. The molecule has 0 amide bonds. The molecule has 2 aromatic carbocycles. The molecule has 0 bridgehead atoms. The average molecular weight is 387 g/mol. The van der Waals surface area contributed by atoms with Gasteiger partial charge in [-0.3, -0.25) is 4.79 Å². The van der Waals surface area contributed by atoms with Crippen LogP contribution < -0.4 is 4.74 Å². The Kier molecular flexibility index (Phi) is 6.54. The number of hydrogen-bond acceptors (Lipinski definition) is 4. The number of furan rings is 1. The van der Waals surface area contributed by atoms with Crippen molar-refractivity contribution in [3.05, 3.63) is 65.4 Å². The molecule has 1 aromatic heterocycles. The highest BCUT2D eigenvalue weighted by atomic mass is 35.5. The molecule has 0 aliphatic rings. The highest BCUT2D eigenvalue weighted by Crippen LogP contribution is 2.29. The number of benzene rings is 2. The topological polar surface area (TPSA) is 59.7 Å². The van der Waals surface area contributed by atoms with Gasteiger partial charge in [-0.2, -0.15) is 0 Å². The van der Waals surface area contributed by atoms with E-state index in [4.69, 9.17) is 20.8 Å². The van der Waals surface area contributed by atoms with E-state index in [0.29, 0.717) is 16.9 Å². The van der Waals surface area contributed by atoms with Crippen LogP contribution in [-0.4, -0.2) is 29.5 Å². The molecule has 0 saturated heterocycles. The maximum Gasteiger partial charge on any atom is 0.197 e. The predicted octanol–water partition coefficient (Wildman–Crippen LogP) is 4.98. The Bertz CT molecular complexity index is 898. The third-order valence-electron chi connectivity index (χ3n) is 4.39. The molecule has 1 atom stereocenters. The van der Waals surface area contributed by atoms with Crippen molar-refractivity contribution in [2.24, 2.45) is 0 Å². The van der Waals surface area contributed by atoms with Crippen LogP contribution in [0.1, 0.15) is 41.4 Å². The molecule has 1 heterocycles. The van der Waals surface area contributed by atoms with Gasteiger partial charge in [-0.05, 0) is 36.8 Å². The lowest BCUT2D eigenvalue weighted by atomic mass is 9.98. The molecule has 0 saturated carbocycles. The zero-order chi connectivity index (χ0) is 19.2. The molecule has 27 heavy (non-hydrogen) atoms. The number of aryl methyl sites for hydroxylation is 1. The van der Waals surface area contributed by atoms with Gasteiger partial charge in [0, 0.05) is 17.4 Å². The standard InChI is InChI=1S/C22H23ClO4/c1-2-3-7-20-21(18-6-4-5-8-19(18)27-20)22(25)15-9-11-17(12-10-15)26-14-16(24)13-23/h4-6,8-12,16,24H,2-3,7,13-14H2,1H3. The van der Waals surface area contributed by atoms with Crippen LogP contribution in [0.25, 0.3) is 11.0 Å². The molecular formula is C22H23ClO4. The molecule has 0 radical (unpaired) electrons. The van der Waals surface area contributed by atoms with Crippen LogP contribution >= 0.6 is 11.6 Å². The molecule has 3 rings (SSSR count). The third kappa shape index (κ3) is 4.52. The predicted molar refractivity (Wildman–Crippen MR) is 107 cm³/mol. The monoisotopic (exact) mass is 386 g/mol. The van der Waals surface area contributed by atoms with E-state index >= 15 is 0 Å². The zero-order valence-electron chi connectivity index (χ0n) is 15.3. The van der Waals surface area contributed by atoms with Crippen molar-refractivity contribution in [2.75, 3.05) is 12.5 Å². The largest absolute Gasteiger partial charge is 0.491 e. The van der Waals surface area contributed by atoms with E-state index in [9.17, 15) is 9.90 Å². The number of alkyl halides is 1. The zero-order valence-corrected chi connectivity index (χ0v) is 16.0. The Morgan fingerprint density at radius 3 is 2.63 bits per heavy atom. The van der Waals surface area contributed by atoms with E-state index in [1.54, 1.807) is 24.3 Å². The van der Waals surface area contributed by atoms with Crippen LogP contribution in [0.5, 0.6) is 5.75 Å². The van der Waals surface area contributed by atoms with Gasteiger partial charge >= 0.3 is 0 Å². The summed E-state index contributed by atoms with van der Waals surface area (Å²) in [5.74, 6) is 1.39. The van der Waals surface area contributed by atoms with Gasteiger partial charge in [-0.15, -0.1) is 11.6 Å². The van der Waals surface area contributed by atoms with Crippen LogP contribution in [-0.2, 0) is 6.42 Å². The van der Waals surface area contributed by atoms with Gasteiger partial charge in [-0.25, -0.2) is 0 Å². The van der Waals surface area contributed by atoms with Gasteiger partial charge in [0.2, 0.25) is 0 Å². The number of ether oxygens (including phenoxy) is 1. The summed E-state index contributed by atoms with van der Waals surface area (Å²) in [7, 11) is 0. The van der Waals surface area contributed by atoms with E-state index in [0.717, 1.165) is 36.0 Å². The first-order chi connectivity index (χ1) is 13.1. The van der Waals surface area contributed by atoms with Crippen LogP contribution in [0.2, 0.25) is 0 Å². The Hall–Kier alpha value is -2.30. The number of carbonyl (C=O) groups is 1. The summed E-state index contributed by atoms with van der Waals surface area (Å²) in [4.78, 5) is 13.2. The SMILES string of the molecule is CCCCc1oc2ccccc2c1C(=O)c1ccc(OCC(O)CCl)cc1. The summed E-state index contributed by atoms with van der Waals surface area (Å²) >= 11 is 5.56. The van der Waals surface area contributed by atoms with Gasteiger partial charge in [0.05, 0.1) is 11.4 Å². The highest BCUT2D eigenvalue weighted by Gasteiger charge is 2.21. The number of hydrogen-bond donors (Lipinski definition) is 1. The van der Waals surface area contributed by atoms with Gasteiger partial charge in [0.15, 0.2) is 5.78 Å². The molecule has 4 nitrogen and oxygen atoms in total. The van der Waals surface area contributed by atoms with Crippen molar-refractivity contribution in [1.29, 1.82) is 0 Å². The molecule has 1 N–H and O–H groups in total. The maximum absolute atomic E-state index is 13.2. The number of fused-ring (bicyclic) bond motifs is 1. The fourth-order valence-electron chi connectivity index (χ4n) is 2.94. The van der Waals surface area contributed by atoms with Crippen molar-refractivity contribution in [3.63, 3.8) is 0 Å². The summed E-state index contributed by atoms with van der Waals surface area (Å²) < 4.78 is 11.4. The number of aliphatic hydroxyl groups is 1. The van der Waals surface area contributed by atoms with E-state index in [2.05, 4.69) is 6.92 Å². The van der Waals surface area contributed by atoms with E-state index < -0.39 is 6.10 Å². The molecule has 0 aliphatic carbocycles. The summed E-state index contributed by atoms with van der Waals surface area (Å²) in [6.07, 6.45) is 2.02. The van der Waals surface area contributed by atoms with E-state index in [1.807, 2.05) is 24.3 Å². The summed E-state index contributed by atoms with van der Waals surface area (Å²) in [5.41, 5.74) is 1.96. The first-order valence-electron chi connectivity index (χ1n) is 9.16. The maximum atomic E-state index is 13.2. The van der Waals surface area contributed by atoms with Crippen LogP contribution in [0.4, 0.5) is 0 Å². The third-order valence-corrected chi connectivity index (χ3v) is 4.75. The van der Waals surface area contributed by atoms with Crippen molar-refractivity contribution in [2.45, 2.75) is 32.3 Å². The summed E-state index contributed by atoms with van der Waals surface area (Å²) in [6, 6.07) is 14.5. The first-order valence-corrected chi connectivity index (χ1v) is 9.69. The number of unbranched alkanes of at least 4 members (excludes halogenated alkanes) is 1. The minimum Gasteiger partial charge on any atom is -0.491 e. The van der Waals surface area contributed by atoms with Gasteiger partial charge in [0.1, 0.15) is 29.8 Å². The number of rotatable bonds is 9. The number of aliphatic hydroxyl groups excluding tert-OH is 1. The number of halogens is 1. The van der Waals surface area contributed by atoms with Gasteiger partial charge in [0.25, 0.3) is 0 Å². The summed E-state index contributed by atoms with van der Waals surface area (Å²) in [6.45, 7) is 2.23. The van der Waals surface area contributed by atoms with Crippen molar-refractivity contribution < 1.29 is 19.1 Å². The Labute approximate surface area is 163 Å². The van der Waals surface area contributed by atoms with E-state index in [-0.39, 0.29) is 18.3 Å². The van der Waals surface area contributed by atoms with Gasteiger partial charge < -0.3 is 14.3 Å². The van der Waals surface area contributed by atoms with Crippen LogP contribution in [0, 0.1) is 0 Å². The fraction of sp³-hybridized carbons (Fsp3) is 0.318. The first kappa shape index (κ1) is 19.5. The van der Waals surface area contributed by atoms with Crippen LogP contribution in [0.3, 0.4) is 0 Å². The summed E-state index contributed by atoms with van der Waals surface area (Å²) in [5, 5.41) is 10.3. The second-order valence-corrected chi connectivity index (χ2v) is 6.78. The minimum absolute atomic E-state index is 0.0570. The number of ketones is 1. The van der Waals surface area contributed by atoms with Crippen LogP contribution in [0.15, 0.2) is 52.9 Å². The second kappa shape index (κ2) is 9.07. The number of carbonyl (C=O) groups excluding carboxylic acids is 1. The Balaban J connectivity index is 1.86. The molecule has 0 aliphatic heterocycles. The van der Waals surface area contributed by atoms with Gasteiger partial charge in [-0.1, -0.05) is 31.5 Å². The Morgan fingerprint density at radius 1 is 1.19 bits per heavy atom. The molecule has 142 valence electrons. The van der Waals surface area contributed by atoms with Crippen molar-refractivity contribution in [3.8, 4) is 5.75 Å². The molecule has 0 spiro atoms. The van der Waals surface area contributed by atoms with Crippen molar-refractivity contribution >= 4 is 28.4 Å². The number of para-hydroxylation sites is 1. The highest BCUT2D eigenvalue weighted by molar-refractivity contribution is 6.18. The Morgan fingerprint density at radius 2 is 1.93 bits per heavy atom. The molecular weight excluding hydrogens is 364 g/mol. The normalized spacial score (nSPS) is 12.3. The van der Waals surface area contributed by atoms with E-state index in [1.165, 1.54) is 0 Å². The molecule has 5 heteroatoms. The molecule has 3 aromatic rings. The molecule has 0 fully saturated rings. The average Bonchev–Trinajstić information content (AvgIpc) is 3.08. The fourth-order valence-corrected chi connectivity index (χ4v) is 3.03.